The SMILES string of the molecule is C=N/C=C\C=NCCN=C/C(=C\N=C)C1CC1c1ccc(F)c(N2CCN(C)CC2)c1. The first-order valence-corrected chi connectivity index (χ1v) is 10.6. The molecule has 0 spiro atoms. The molecule has 1 aromatic carbocycles. The molecular formula is C24H31FN6. The predicted octanol–water partition coefficient (Wildman–Crippen LogP) is 3.62. The van der Waals surface area contributed by atoms with Crippen LogP contribution in [0.4, 0.5) is 10.1 Å². The Bertz CT molecular complexity index is 880. The number of aliphatic imine (C=N–C) groups is 4. The van der Waals surface area contributed by atoms with Crippen LogP contribution in [-0.4, -0.2) is 77.1 Å². The van der Waals surface area contributed by atoms with Crippen LogP contribution >= 0.6 is 0 Å². The number of anilines is 1. The van der Waals surface area contributed by atoms with Crippen molar-refractivity contribution < 1.29 is 4.39 Å². The molecule has 0 N–H and O–H groups in total. The molecule has 1 heterocycles. The molecule has 0 amide bonds. The fourth-order valence-electron chi connectivity index (χ4n) is 3.83. The molecule has 2 fully saturated rings. The first kappa shape index (κ1) is 22.7. The fourth-order valence-corrected chi connectivity index (χ4v) is 3.83. The number of rotatable bonds is 10. The van der Waals surface area contributed by atoms with Crippen molar-refractivity contribution in [2.24, 2.45) is 25.9 Å². The van der Waals surface area contributed by atoms with Crippen LogP contribution in [0.25, 0.3) is 0 Å². The summed E-state index contributed by atoms with van der Waals surface area (Å²) in [4.78, 5) is 20.7. The van der Waals surface area contributed by atoms with E-state index in [9.17, 15) is 4.39 Å². The highest BCUT2D eigenvalue weighted by molar-refractivity contribution is 5.81. The number of hydrogen-bond acceptors (Lipinski definition) is 6. The average Bonchev–Trinajstić information content (AvgIpc) is 3.57. The van der Waals surface area contributed by atoms with Gasteiger partial charge in [-0.15, -0.1) is 0 Å². The average molecular weight is 423 g/mol. The number of hydrogen-bond donors (Lipinski definition) is 0. The Morgan fingerprint density at radius 1 is 1.13 bits per heavy atom. The molecular weight excluding hydrogens is 391 g/mol. The quantitative estimate of drug-likeness (QED) is 0.427. The van der Waals surface area contributed by atoms with E-state index in [1.165, 1.54) is 5.56 Å². The van der Waals surface area contributed by atoms with E-state index in [4.69, 9.17) is 0 Å². The van der Waals surface area contributed by atoms with Crippen LogP contribution in [-0.2, 0) is 0 Å². The third-order valence-corrected chi connectivity index (χ3v) is 5.68. The molecule has 1 saturated carbocycles. The van der Waals surface area contributed by atoms with Gasteiger partial charge in [0.1, 0.15) is 5.82 Å². The van der Waals surface area contributed by atoms with Gasteiger partial charge in [-0.1, -0.05) is 6.07 Å². The summed E-state index contributed by atoms with van der Waals surface area (Å²) in [5, 5.41) is 0. The number of allylic oxidation sites excluding steroid dienone is 2. The Hall–Kier alpha value is -2.93. The molecule has 0 radical (unpaired) electrons. The lowest BCUT2D eigenvalue weighted by atomic mass is 10.0. The normalized spacial score (nSPS) is 22.6. The van der Waals surface area contributed by atoms with Crippen molar-refractivity contribution in [2.75, 3.05) is 51.2 Å². The zero-order chi connectivity index (χ0) is 22.1. The summed E-state index contributed by atoms with van der Waals surface area (Å²) in [5.74, 6) is 0.556. The van der Waals surface area contributed by atoms with Crippen molar-refractivity contribution in [2.45, 2.75) is 12.3 Å². The molecule has 0 aromatic heterocycles. The van der Waals surface area contributed by atoms with Crippen molar-refractivity contribution in [1.82, 2.24) is 4.90 Å². The highest BCUT2D eigenvalue weighted by Crippen LogP contribution is 2.52. The Balaban J connectivity index is 1.60. The molecule has 1 saturated heterocycles. The highest BCUT2D eigenvalue weighted by atomic mass is 19.1. The number of benzene rings is 1. The van der Waals surface area contributed by atoms with Crippen LogP contribution in [0.5, 0.6) is 0 Å². The molecule has 6 nitrogen and oxygen atoms in total. The van der Waals surface area contributed by atoms with Gasteiger partial charge in [-0.3, -0.25) is 20.0 Å². The van der Waals surface area contributed by atoms with Crippen molar-refractivity contribution in [3.8, 4) is 0 Å². The predicted molar refractivity (Wildman–Crippen MR) is 130 cm³/mol. The molecule has 1 aliphatic heterocycles. The van der Waals surface area contributed by atoms with E-state index < -0.39 is 0 Å². The van der Waals surface area contributed by atoms with Crippen molar-refractivity contribution in [3.05, 3.63) is 53.6 Å². The number of piperazine rings is 1. The van der Waals surface area contributed by atoms with Gasteiger partial charge < -0.3 is 9.80 Å². The van der Waals surface area contributed by atoms with Crippen LogP contribution in [0.2, 0.25) is 0 Å². The highest BCUT2D eigenvalue weighted by Gasteiger charge is 2.41. The Morgan fingerprint density at radius 3 is 2.65 bits per heavy atom. The number of likely N-dealkylation sites (N-methyl/N-ethyl adjacent to an activating group) is 1. The van der Waals surface area contributed by atoms with E-state index in [1.807, 2.05) is 18.3 Å². The van der Waals surface area contributed by atoms with E-state index in [-0.39, 0.29) is 5.82 Å². The van der Waals surface area contributed by atoms with E-state index in [0.717, 1.165) is 43.9 Å². The van der Waals surface area contributed by atoms with E-state index in [2.05, 4.69) is 50.3 Å². The summed E-state index contributed by atoms with van der Waals surface area (Å²) in [6, 6.07) is 5.55. The molecule has 1 aliphatic carbocycles. The minimum Gasteiger partial charge on any atom is -0.367 e. The lowest BCUT2D eigenvalue weighted by Gasteiger charge is -2.34. The summed E-state index contributed by atoms with van der Waals surface area (Å²) in [7, 11) is 2.10. The van der Waals surface area contributed by atoms with Gasteiger partial charge in [0.15, 0.2) is 0 Å². The van der Waals surface area contributed by atoms with E-state index in [0.29, 0.717) is 24.9 Å². The Morgan fingerprint density at radius 2 is 1.90 bits per heavy atom. The van der Waals surface area contributed by atoms with E-state index in [1.54, 1.807) is 30.8 Å². The van der Waals surface area contributed by atoms with Gasteiger partial charge in [0.05, 0.1) is 18.8 Å². The molecule has 2 aliphatic rings. The van der Waals surface area contributed by atoms with Crippen LogP contribution in [0.1, 0.15) is 17.9 Å². The molecule has 3 rings (SSSR count). The number of nitrogens with zero attached hydrogens (tertiary/aromatic N) is 6. The topological polar surface area (TPSA) is 55.9 Å². The molecule has 164 valence electrons. The van der Waals surface area contributed by atoms with Gasteiger partial charge >= 0.3 is 0 Å². The summed E-state index contributed by atoms with van der Waals surface area (Å²) in [5.41, 5.74) is 2.96. The minimum absolute atomic E-state index is 0.144. The zero-order valence-corrected chi connectivity index (χ0v) is 18.2. The lowest BCUT2D eigenvalue weighted by Crippen LogP contribution is -2.44. The maximum absolute atomic E-state index is 14.5. The van der Waals surface area contributed by atoms with Gasteiger partial charge in [-0.25, -0.2) is 4.39 Å². The zero-order valence-electron chi connectivity index (χ0n) is 18.2. The third kappa shape index (κ3) is 6.52. The number of halogens is 1. The fraction of sp³-hybridized carbons (Fsp3) is 0.417. The maximum atomic E-state index is 14.5. The van der Waals surface area contributed by atoms with Gasteiger partial charge in [-0.2, -0.15) is 0 Å². The van der Waals surface area contributed by atoms with Gasteiger partial charge in [-0.05, 0) is 68.1 Å². The monoisotopic (exact) mass is 422 g/mol. The minimum atomic E-state index is -0.144. The third-order valence-electron chi connectivity index (χ3n) is 5.68. The lowest BCUT2D eigenvalue weighted by molar-refractivity contribution is 0.311. The smallest absolute Gasteiger partial charge is 0.146 e. The molecule has 31 heavy (non-hydrogen) atoms. The van der Waals surface area contributed by atoms with Crippen molar-refractivity contribution >= 4 is 31.6 Å². The molecule has 0 bridgehead atoms. The standard InChI is InChI=1S/C24H31FN6/c1-26-7-4-8-28-9-10-29-18-20(17-27-2)22-16-21(22)19-5-6-23(25)24(15-19)31-13-11-30(3)12-14-31/h4-8,15,17-18,21-22H,1-2,9-14,16H2,3H3/b7-4-,20-17+,28-8?,29-18?. The van der Waals surface area contributed by atoms with Gasteiger partial charge in [0.2, 0.25) is 0 Å². The van der Waals surface area contributed by atoms with Crippen LogP contribution in [0.3, 0.4) is 0 Å². The molecule has 1 aromatic rings. The molecule has 7 heteroatoms. The van der Waals surface area contributed by atoms with Crippen LogP contribution in [0, 0.1) is 11.7 Å². The van der Waals surface area contributed by atoms with Crippen LogP contribution in [0.15, 0.2) is 62.2 Å². The summed E-state index contributed by atoms with van der Waals surface area (Å²) >= 11 is 0. The van der Waals surface area contributed by atoms with Crippen LogP contribution < -0.4 is 4.90 Å². The summed E-state index contributed by atoms with van der Waals surface area (Å²) in [6.07, 6.45) is 9.68. The first-order chi connectivity index (χ1) is 15.1. The first-order valence-electron chi connectivity index (χ1n) is 10.6. The second-order valence-corrected chi connectivity index (χ2v) is 7.88. The second-order valence-electron chi connectivity index (χ2n) is 7.88. The van der Waals surface area contributed by atoms with Crippen molar-refractivity contribution in [1.29, 1.82) is 0 Å². The Kier molecular flexibility index (Phi) is 8.41. The Labute approximate surface area is 184 Å². The second kappa shape index (κ2) is 11.5. The van der Waals surface area contributed by atoms with Gasteiger partial charge in [0, 0.05) is 51.0 Å². The summed E-state index contributed by atoms with van der Waals surface area (Å²) in [6.45, 7) is 11.8. The molecule has 2 atom stereocenters. The van der Waals surface area contributed by atoms with Crippen molar-refractivity contribution in [3.63, 3.8) is 0 Å². The maximum Gasteiger partial charge on any atom is 0.146 e. The van der Waals surface area contributed by atoms with E-state index >= 15 is 0 Å². The largest absolute Gasteiger partial charge is 0.367 e. The molecule has 2 unspecified atom stereocenters. The van der Waals surface area contributed by atoms with Gasteiger partial charge in [0.25, 0.3) is 0 Å². The summed E-state index contributed by atoms with van der Waals surface area (Å²) < 4.78 is 14.5.